The smallest absolute Gasteiger partial charge is 0.0808 e. The molecule has 0 aliphatic heterocycles. The molecule has 0 N–H and O–H groups in total. The van der Waals surface area contributed by atoms with Gasteiger partial charge in [0.15, 0.2) is 0 Å². The molecular formula is C53H32N2S. The second kappa shape index (κ2) is 12.2. The zero-order valence-electron chi connectivity index (χ0n) is 30.3. The molecule has 0 atom stereocenters. The number of benzene rings is 9. The Kier molecular flexibility index (Phi) is 6.83. The molecule has 260 valence electrons. The maximum Gasteiger partial charge on any atom is 0.0808 e. The third kappa shape index (κ3) is 4.78. The Balaban J connectivity index is 1.06. The maximum absolute atomic E-state index is 5.56. The van der Waals surface area contributed by atoms with Gasteiger partial charge in [-0.05, 0) is 92.3 Å². The topological polar surface area (TPSA) is 17.8 Å². The summed E-state index contributed by atoms with van der Waals surface area (Å²) in [7, 11) is 0. The molecule has 0 fully saturated rings. The van der Waals surface area contributed by atoms with Crippen molar-refractivity contribution in [2.24, 2.45) is 0 Å². The maximum atomic E-state index is 5.56. The van der Waals surface area contributed by atoms with E-state index in [-0.39, 0.29) is 0 Å². The van der Waals surface area contributed by atoms with Crippen LogP contribution < -0.4 is 0 Å². The zero-order chi connectivity index (χ0) is 36.7. The van der Waals surface area contributed by atoms with Crippen molar-refractivity contribution >= 4 is 85.8 Å². The van der Waals surface area contributed by atoms with Crippen LogP contribution in [0.1, 0.15) is 0 Å². The van der Waals surface area contributed by atoms with E-state index in [1.54, 1.807) is 0 Å². The monoisotopic (exact) mass is 728 g/mol. The van der Waals surface area contributed by atoms with Crippen LogP contribution in [0.2, 0.25) is 0 Å². The quantitative estimate of drug-likeness (QED) is 0.176. The SMILES string of the molecule is c1ccc(-n2c3ccccc3c3ccc(-c4ccc(-c5cc(-c6cccc7ccccc67)c6ccc7sc8cc9ccccc9cc8c7c6n5)cc4)cc32)cc1. The van der Waals surface area contributed by atoms with Crippen LogP contribution in [0.15, 0.2) is 194 Å². The van der Waals surface area contributed by atoms with Crippen molar-refractivity contribution in [2.45, 2.75) is 0 Å². The van der Waals surface area contributed by atoms with E-state index < -0.39 is 0 Å². The summed E-state index contributed by atoms with van der Waals surface area (Å²) in [4.78, 5) is 5.56. The molecule has 0 amide bonds. The first-order valence-electron chi connectivity index (χ1n) is 19.1. The van der Waals surface area contributed by atoms with Gasteiger partial charge in [-0.3, -0.25) is 0 Å². The molecule has 2 nitrogen and oxygen atoms in total. The minimum atomic E-state index is 0.972. The fourth-order valence-electron chi connectivity index (χ4n) is 8.91. The number of rotatable bonds is 4. The van der Waals surface area contributed by atoms with Gasteiger partial charge in [0.25, 0.3) is 0 Å². The van der Waals surface area contributed by atoms with Crippen LogP contribution in [-0.2, 0) is 0 Å². The van der Waals surface area contributed by atoms with Gasteiger partial charge in [0.1, 0.15) is 0 Å². The standard InChI is InChI=1S/C53H32N2S/c1-2-15-39(16-3-1)55-48-20-9-8-18-42(48)43-26-25-38(30-49(43)55)33-21-23-35(24-22-33)47-32-45(41-19-10-14-34-11-6-7-17-40(34)41)44-27-28-50-52(53(44)54-47)46-29-36-12-4-5-13-37(36)31-51(46)56-50/h1-32H. The van der Waals surface area contributed by atoms with Gasteiger partial charge < -0.3 is 4.57 Å². The average Bonchev–Trinajstić information content (AvgIpc) is 3.80. The number of hydrogen-bond donors (Lipinski definition) is 0. The lowest BCUT2D eigenvalue weighted by molar-refractivity contribution is 1.18. The summed E-state index contributed by atoms with van der Waals surface area (Å²) in [6, 6.07) is 70.8. The highest BCUT2D eigenvalue weighted by Gasteiger charge is 2.18. The first kappa shape index (κ1) is 31.3. The zero-order valence-corrected chi connectivity index (χ0v) is 31.1. The Labute approximate surface area is 327 Å². The van der Waals surface area contributed by atoms with E-state index in [0.29, 0.717) is 0 Å². The van der Waals surface area contributed by atoms with Crippen molar-refractivity contribution in [3.8, 4) is 39.2 Å². The third-order valence-electron chi connectivity index (χ3n) is 11.6. The number of hydrogen-bond acceptors (Lipinski definition) is 2. The number of para-hydroxylation sites is 2. The predicted octanol–water partition coefficient (Wildman–Crippen LogP) is 15.0. The highest BCUT2D eigenvalue weighted by atomic mass is 32.1. The number of pyridine rings is 1. The Morgan fingerprint density at radius 1 is 0.375 bits per heavy atom. The van der Waals surface area contributed by atoms with Crippen molar-refractivity contribution in [1.82, 2.24) is 9.55 Å². The molecule has 9 aromatic carbocycles. The molecule has 56 heavy (non-hydrogen) atoms. The lowest BCUT2D eigenvalue weighted by Crippen LogP contribution is -1.93. The molecular weight excluding hydrogens is 697 g/mol. The van der Waals surface area contributed by atoms with Crippen LogP contribution in [0, 0.1) is 0 Å². The molecule has 12 rings (SSSR count). The van der Waals surface area contributed by atoms with E-state index >= 15 is 0 Å². The average molecular weight is 729 g/mol. The summed E-state index contributed by atoms with van der Waals surface area (Å²) in [6.07, 6.45) is 0. The van der Waals surface area contributed by atoms with Gasteiger partial charge in [-0.25, -0.2) is 4.98 Å². The van der Waals surface area contributed by atoms with Crippen molar-refractivity contribution < 1.29 is 0 Å². The highest BCUT2D eigenvalue weighted by Crippen LogP contribution is 2.44. The van der Waals surface area contributed by atoms with Crippen LogP contribution in [-0.4, -0.2) is 9.55 Å². The second-order valence-corrected chi connectivity index (χ2v) is 15.8. The normalized spacial score (nSPS) is 11.9. The highest BCUT2D eigenvalue weighted by molar-refractivity contribution is 7.26. The van der Waals surface area contributed by atoms with Crippen LogP contribution in [0.3, 0.4) is 0 Å². The van der Waals surface area contributed by atoms with Gasteiger partial charge in [0.2, 0.25) is 0 Å². The molecule has 0 saturated carbocycles. The summed E-state index contributed by atoms with van der Waals surface area (Å²) < 4.78 is 4.93. The lowest BCUT2D eigenvalue weighted by Gasteiger charge is -2.14. The third-order valence-corrected chi connectivity index (χ3v) is 12.7. The molecule has 3 aromatic heterocycles. The summed E-state index contributed by atoms with van der Waals surface area (Å²) in [5, 5.41) is 11.2. The van der Waals surface area contributed by atoms with E-state index in [0.717, 1.165) is 22.5 Å². The predicted molar refractivity (Wildman–Crippen MR) is 240 cm³/mol. The number of fused-ring (bicyclic) bond motifs is 10. The van der Waals surface area contributed by atoms with Gasteiger partial charge in [-0.2, -0.15) is 0 Å². The number of nitrogens with zero attached hydrogens (tertiary/aromatic N) is 2. The Hall–Kier alpha value is -7.07. The van der Waals surface area contributed by atoms with Crippen LogP contribution in [0.4, 0.5) is 0 Å². The molecule has 0 aliphatic carbocycles. The Bertz CT molecular complexity index is 3510. The molecule has 3 heteroatoms. The fourth-order valence-corrected chi connectivity index (χ4v) is 10.0. The van der Waals surface area contributed by atoms with E-state index in [9.17, 15) is 0 Å². The minimum Gasteiger partial charge on any atom is -0.309 e. The van der Waals surface area contributed by atoms with Crippen molar-refractivity contribution in [1.29, 1.82) is 0 Å². The number of aromatic nitrogens is 2. The molecule has 0 spiro atoms. The molecule has 12 aromatic rings. The summed E-state index contributed by atoms with van der Waals surface area (Å²) in [6.45, 7) is 0. The molecule has 0 unspecified atom stereocenters. The van der Waals surface area contributed by atoms with E-state index in [2.05, 4.69) is 199 Å². The number of thiophene rings is 1. The van der Waals surface area contributed by atoms with Gasteiger partial charge >= 0.3 is 0 Å². The van der Waals surface area contributed by atoms with Crippen LogP contribution in [0.5, 0.6) is 0 Å². The van der Waals surface area contributed by atoms with Crippen molar-refractivity contribution in [3.05, 3.63) is 194 Å². The van der Waals surface area contributed by atoms with E-state index in [1.807, 2.05) is 11.3 Å². The van der Waals surface area contributed by atoms with Gasteiger partial charge in [0, 0.05) is 47.6 Å². The van der Waals surface area contributed by atoms with Crippen LogP contribution in [0.25, 0.3) is 114 Å². The summed E-state index contributed by atoms with van der Waals surface area (Å²) in [5.74, 6) is 0. The first-order chi connectivity index (χ1) is 27.7. The molecule has 0 radical (unpaired) electrons. The lowest BCUT2D eigenvalue weighted by atomic mass is 9.92. The van der Waals surface area contributed by atoms with Gasteiger partial charge in [-0.15, -0.1) is 11.3 Å². The molecule has 3 heterocycles. The van der Waals surface area contributed by atoms with E-state index in [1.165, 1.54) is 91.2 Å². The molecule has 0 aliphatic rings. The van der Waals surface area contributed by atoms with E-state index in [4.69, 9.17) is 4.98 Å². The molecule has 0 saturated heterocycles. The Morgan fingerprint density at radius 3 is 1.89 bits per heavy atom. The summed E-state index contributed by atoms with van der Waals surface area (Å²) >= 11 is 1.86. The van der Waals surface area contributed by atoms with Crippen molar-refractivity contribution in [2.75, 3.05) is 0 Å². The minimum absolute atomic E-state index is 0.972. The summed E-state index contributed by atoms with van der Waals surface area (Å²) in [5.41, 5.74) is 11.5. The van der Waals surface area contributed by atoms with Gasteiger partial charge in [0.05, 0.1) is 22.2 Å². The fraction of sp³-hybridized carbons (Fsp3) is 0. The Morgan fingerprint density at radius 2 is 1.04 bits per heavy atom. The first-order valence-corrected chi connectivity index (χ1v) is 19.9. The second-order valence-electron chi connectivity index (χ2n) is 14.7. The largest absolute Gasteiger partial charge is 0.309 e. The molecule has 0 bridgehead atoms. The van der Waals surface area contributed by atoms with Crippen molar-refractivity contribution in [3.63, 3.8) is 0 Å². The van der Waals surface area contributed by atoms with Crippen LogP contribution >= 0.6 is 11.3 Å². The van der Waals surface area contributed by atoms with Gasteiger partial charge in [-0.1, -0.05) is 146 Å².